The average Bonchev–Trinajstić information content (AvgIpc) is 2.20. The fourth-order valence-electron chi connectivity index (χ4n) is 1.18. The van der Waals surface area contributed by atoms with Crippen molar-refractivity contribution in [2.24, 2.45) is 0 Å². The molecule has 0 atom stereocenters. The molecule has 0 saturated heterocycles. The molecule has 86 valence electrons. The largest absolute Gasteiger partial charge is 0.396 e. The SMILES string of the molecule is C#CCNC(=O)CN(CCCO)C(C)C. The van der Waals surface area contributed by atoms with Crippen LogP contribution in [0.2, 0.25) is 0 Å². The van der Waals surface area contributed by atoms with E-state index >= 15 is 0 Å². The molecule has 0 aromatic carbocycles. The first-order valence-corrected chi connectivity index (χ1v) is 5.17. The van der Waals surface area contributed by atoms with Crippen LogP contribution in [0.4, 0.5) is 0 Å². The van der Waals surface area contributed by atoms with Crippen LogP contribution in [0.1, 0.15) is 20.3 Å². The fraction of sp³-hybridized carbons (Fsp3) is 0.727. The summed E-state index contributed by atoms with van der Waals surface area (Å²) in [5.74, 6) is 2.28. The van der Waals surface area contributed by atoms with Gasteiger partial charge >= 0.3 is 0 Å². The number of hydrogen-bond donors (Lipinski definition) is 2. The topological polar surface area (TPSA) is 52.6 Å². The van der Waals surface area contributed by atoms with Crippen molar-refractivity contribution in [2.75, 3.05) is 26.2 Å². The average molecular weight is 212 g/mol. The zero-order valence-electron chi connectivity index (χ0n) is 9.49. The Labute approximate surface area is 91.7 Å². The smallest absolute Gasteiger partial charge is 0.234 e. The lowest BCUT2D eigenvalue weighted by Gasteiger charge is -2.25. The van der Waals surface area contributed by atoms with Gasteiger partial charge in [-0.25, -0.2) is 0 Å². The van der Waals surface area contributed by atoms with E-state index in [0.717, 1.165) is 6.54 Å². The summed E-state index contributed by atoms with van der Waals surface area (Å²) in [6.07, 6.45) is 5.72. The van der Waals surface area contributed by atoms with Gasteiger partial charge in [0.1, 0.15) is 0 Å². The molecule has 4 heteroatoms. The molecule has 0 radical (unpaired) electrons. The summed E-state index contributed by atoms with van der Waals surface area (Å²) in [7, 11) is 0. The van der Waals surface area contributed by atoms with Crippen LogP contribution >= 0.6 is 0 Å². The second kappa shape index (κ2) is 8.27. The molecule has 0 rings (SSSR count). The number of nitrogens with one attached hydrogen (secondary N) is 1. The maximum atomic E-state index is 11.4. The number of terminal acetylenes is 1. The summed E-state index contributed by atoms with van der Waals surface area (Å²) in [5.41, 5.74) is 0. The van der Waals surface area contributed by atoms with Crippen LogP contribution in [-0.4, -0.2) is 48.2 Å². The number of hydrogen-bond acceptors (Lipinski definition) is 3. The Hall–Kier alpha value is -1.05. The molecule has 2 N–H and O–H groups in total. The first-order valence-electron chi connectivity index (χ1n) is 5.17. The summed E-state index contributed by atoms with van der Waals surface area (Å²) in [5, 5.41) is 11.3. The molecular formula is C11H20N2O2. The van der Waals surface area contributed by atoms with Crippen molar-refractivity contribution in [2.45, 2.75) is 26.3 Å². The van der Waals surface area contributed by atoms with Gasteiger partial charge in [-0.1, -0.05) is 5.92 Å². The summed E-state index contributed by atoms with van der Waals surface area (Å²) < 4.78 is 0. The van der Waals surface area contributed by atoms with Crippen LogP contribution in [0.25, 0.3) is 0 Å². The molecule has 1 amide bonds. The highest BCUT2D eigenvalue weighted by Crippen LogP contribution is 1.98. The van der Waals surface area contributed by atoms with Crippen molar-refractivity contribution in [1.29, 1.82) is 0 Å². The second-order valence-electron chi connectivity index (χ2n) is 3.62. The van der Waals surface area contributed by atoms with Crippen molar-refractivity contribution in [1.82, 2.24) is 10.2 Å². The first-order chi connectivity index (χ1) is 7.11. The van der Waals surface area contributed by atoms with E-state index in [9.17, 15) is 4.79 Å². The van der Waals surface area contributed by atoms with Crippen molar-refractivity contribution in [3.63, 3.8) is 0 Å². The molecule has 0 aliphatic heterocycles. The van der Waals surface area contributed by atoms with Gasteiger partial charge in [-0.3, -0.25) is 9.69 Å². The molecule has 0 aromatic heterocycles. The number of carbonyl (C=O) groups is 1. The van der Waals surface area contributed by atoms with Gasteiger partial charge in [0, 0.05) is 19.2 Å². The molecule has 0 fully saturated rings. The number of amides is 1. The standard InChI is InChI=1S/C11H20N2O2/c1-4-6-12-11(15)9-13(10(2)3)7-5-8-14/h1,10,14H,5-9H2,2-3H3,(H,12,15). The maximum Gasteiger partial charge on any atom is 0.234 e. The molecule has 0 aliphatic carbocycles. The minimum atomic E-state index is -0.0698. The van der Waals surface area contributed by atoms with E-state index in [1.807, 2.05) is 18.7 Å². The number of aliphatic hydroxyl groups excluding tert-OH is 1. The molecule has 0 aromatic rings. The summed E-state index contributed by atoms with van der Waals surface area (Å²) in [6, 6.07) is 0.285. The molecule has 0 unspecified atom stereocenters. The van der Waals surface area contributed by atoms with E-state index in [0.29, 0.717) is 13.0 Å². The summed E-state index contributed by atoms with van der Waals surface area (Å²) in [4.78, 5) is 13.4. The quantitative estimate of drug-likeness (QED) is 0.576. The molecular weight excluding hydrogens is 192 g/mol. The van der Waals surface area contributed by atoms with Crippen LogP contribution in [0.5, 0.6) is 0 Å². The van der Waals surface area contributed by atoms with E-state index in [4.69, 9.17) is 11.5 Å². The number of aliphatic hydroxyl groups is 1. The van der Waals surface area contributed by atoms with E-state index in [1.165, 1.54) is 0 Å². The van der Waals surface area contributed by atoms with Gasteiger partial charge in [-0.2, -0.15) is 0 Å². The highest BCUT2D eigenvalue weighted by atomic mass is 16.3. The van der Waals surface area contributed by atoms with Gasteiger partial charge in [-0.05, 0) is 20.3 Å². The van der Waals surface area contributed by atoms with Crippen LogP contribution in [0, 0.1) is 12.3 Å². The van der Waals surface area contributed by atoms with Gasteiger partial charge in [0.25, 0.3) is 0 Å². The van der Waals surface area contributed by atoms with Crippen molar-refractivity contribution in [3.8, 4) is 12.3 Å². The lowest BCUT2D eigenvalue weighted by Crippen LogP contribution is -2.41. The van der Waals surface area contributed by atoms with Crippen LogP contribution in [0.3, 0.4) is 0 Å². The summed E-state index contributed by atoms with van der Waals surface area (Å²) in [6.45, 7) is 5.51. The number of carbonyl (C=O) groups excluding carboxylic acids is 1. The normalized spacial score (nSPS) is 10.4. The monoisotopic (exact) mass is 212 g/mol. The molecule has 0 spiro atoms. The third kappa shape index (κ3) is 6.95. The van der Waals surface area contributed by atoms with Gasteiger partial charge in [0.15, 0.2) is 0 Å². The summed E-state index contributed by atoms with van der Waals surface area (Å²) >= 11 is 0. The minimum absolute atomic E-state index is 0.0698. The Morgan fingerprint density at radius 2 is 2.27 bits per heavy atom. The highest BCUT2D eigenvalue weighted by molar-refractivity contribution is 5.78. The van der Waals surface area contributed by atoms with E-state index < -0.39 is 0 Å². The molecule has 0 saturated carbocycles. The molecule has 0 bridgehead atoms. The maximum absolute atomic E-state index is 11.4. The lowest BCUT2D eigenvalue weighted by molar-refractivity contribution is -0.122. The van der Waals surface area contributed by atoms with Crippen LogP contribution in [0.15, 0.2) is 0 Å². The van der Waals surface area contributed by atoms with E-state index in [2.05, 4.69) is 11.2 Å². The predicted octanol–water partition coefficient (Wildman–Crippen LogP) is -0.171. The molecule has 0 heterocycles. The highest BCUT2D eigenvalue weighted by Gasteiger charge is 2.12. The van der Waals surface area contributed by atoms with Crippen LogP contribution in [-0.2, 0) is 4.79 Å². The number of nitrogens with zero attached hydrogens (tertiary/aromatic N) is 1. The van der Waals surface area contributed by atoms with Crippen molar-refractivity contribution >= 4 is 5.91 Å². The van der Waals surface area contributed by atoms with E-state index in [1.54, 1.807) is 0 Å². The molecule has 4 nitrogen and oxygen atoms in total. The van der Waals surface area contributed by atoms with Crippen molar-refractivity contribution in [3.05, 3.63) is 0 Å². The van der Waals surface area contributed by atoms with Gasteiger partial charge < -0.3 is 10.4 Å². The second-order valence-corrected chi connectivity index (χ2v) is 3.62. The fourth-order valence-corrected chi connectivity index (χ4v) is 1.18. The Morgan fingerprint density at radius 1 is 1.60 bits per heavy atom. The Kier molecular flexibility index (Phi) is 7.69. The van der Waals surface area contributed by atoms with Gasteiger partial charge in [0.05, 0.1) is 13.1 Å². The first kappa shape index (κ1) is 13.9. The zero-order chi connectivity index (χ0) is 11.7. The molecule has 15 heavy (non-hydrogen) atoms. The minimum Gasteiger partial charge on any atom is -0.396 e. The van der Waals surface area contributed by atoms with E-state index in [-0.39, 0.29) is 25.1 Å². The van der Waals surface area contributed by atoms with Crippen LogP contribution < -0.4 is 5.32 Å². The third-order valence-electron chi connectivity index (χ3n) is 2.07. The van der Waals surface area contributed by atoms with Crippen molar-refractivity contribution < 1.29 is 9.90 Å². The molecule has 0 aliphatic rings. The number of rotatable bonds is 7. The lowest BCUT2D eigenvalue weighted by atomic mass is 10.3. The van der Waals surface area contributed by atoms with Gasteiger partial charge in [-0.15, -0.1) is 6.42 Å². The third-order valence-corrected chi connectivity index (χ3v) is 2.07. The Balaban J connectivity index is 3.94. The Morgan fingerprint density at radius 3 is 2.73 bits per heavy atom. The van der Waals surface area contributed by atoms with Gasteiger partial charge in [0.2, 0.25) is 5.91 Å². The predicted molar refractivity (Wildman–Crippen MR) is 60.3 cm³/mol. The Bertz CT molecular complexity index is 221. The zero-order valence-corrected chi connectivity index (χ0v) is 9.49.